The number of non-ortho nitro benzene ring substituents is 1. The number of amides is 1. The molecular formula is C21H24N2O12. The quantitative estimate of drug-likeness (QED) is 0.226. The van der Waals surface area contributed by atoms with Gasteiger partial charge in [-0.2, -0.15) is 0 Å². The lowest BCUT2D eigenvalue weighted by Crippen LogP contribution is -2.67. The first-order chi connectivity index (χ1) is 16.4. The number of ether oxygens (including phenoxy) is 5. The first kappa shape index (κ1) is 27.2. The smallest absolute Gasteiger partial charge is 0.305 e. The van der Waals surface area contributed by atoms with Crippen LogP contribution in [0.5, 0.6) is 0 Å². The molecular weight excluding hydrogens is 472 g/mol. The average molecular weight is 496 g/mol. The number of rotatable bonds is 8. The molecule has 5 atom stereocenters. The molecule has 2 rings (SSSR count). The van der Waals surface area contributed by atoms with E-state index in [2.05, 4.69) is 5.32 Å². The Morgan fingerprint density at radius 2 is 1.43 bits per heavy atom. The third kappa shape index (κ3) is 7.74. The Bertz CT molecular complexity index is 993. The summed E-state index contributed by atoms with van der Waals surface area (Å²) in [6.07, 6.45) is -5.59. The zero-order valence-corrected chi connectivity index (χ0v) is 19.2. The highest BCUT2D eigenvalue weighted by molar-refractivity contribution is 5.94. The minimum Gasteiger partial charge on any atom is -0.463 e. The van der Waals surface area contributed by atoms with E-state index in [1.807, 2.05) is 0 Å². The number of carbonyl (C=O) groups is 5. The SMILES string of the molecule is CC(=O)OC[C@@H]1O[C@@H](OC(C)=O)[C@@H](NC(=O)c2ccc([N+](=O)[O-])cc2)[C@@H](OC(C)=O)[C@H]1OC(C)=O. The summed E-state index contributed by atoms with van der Waals surface area (Å²) in [6, 6.07) is 3.20. The fraction of sp³-hybridized carbons (Fsp3) is 0.476. The molecule has 0 aromatic heterocycles. The lowest BCUT2D eigenvalue weighted by atomic mass is 9.95. The third-order valence-electron chi connectivity index (χ3n) is 4.62. The number of nitro groups is 1. The number of esters is 4. The van der Waals surface area contributed by atoms with Gasteiger partial charge in [-0.1, -0.05) is 0 Å². The molecule has 1 saturated heterocycles. The van der Waals surface area contributed by atoms with E-state index < -0.39 is 72.0 Å². The number of benzene rings is 1. The summed E-state index contributed by atoms with van der Waals surface area (Å²) in [5.74, 6) is -3.91. The normalized spacial score (nSPS) is 23.4. The van der Waals surface area contributed by atoms with E-state index in [9.17, 15) is 34.1 Å². The summed E-state index contributed by atoms with van der Waals surface area (Å²) in [4.78, 5) is 69.8. The molecule has 0 aliphatic carbocycles. The maximum Gasteiger partial charge on any atom is 0.305 e. The van der Waals surface area contributed by atoms with Crippen LogP contribution >= 0.6 is 0 Å². The van der Waals surface area contributed by atoms with Crippen molar-refractivity contribution in [1.82, 2.24) is 5.32 Å². The van der Waals surface area contributed by atoms with Crippen LogP contribution < -0.4 is 5.32 Å². The van der Waals surface area contributed by atoms with Gasteiger partial charge in [-0.15, -0.1) is 0 Å². The van der Waals surface area contributed by atoms with E-state index in [0.29, 0.717) is 0 Å². The van der Waals surface area contributed by atoms with Crippen molar-refractivity contribution in [2.75, 3.05) is 6.61 Å². The van der Waals surface area contributed by atoms with Crippen LogP contribution in [0.15, 0.2) is 24.3 Å². The van der Waals surface area contributed by atoms with Crippen LogP contribution in [0.25, 0.3) is 0 Å². The molecule has 1 amide bonds. The summed E-state index contributed by atoms with van der Waals surface area (Å²) in [7, 11) is 0. The molecule has 1 aromatic carbocycles. The van der Waals surface area contributed by atoms with Crippen molar-refractivity contribution in [2.24, 2.45) is 0 Å². The van der Waals surface area contributed by atoms with E-state index in [1.54, 1.807) is 0 Å². The lowest BCUT2D eigenvalue weighted by Gasteiger charge is -2.44. The highest BCUT2D eigenvalue weighted by atomic mass is 16.7. The molecule has 1 aliphatic heterocycles. The van der Waals surface area contributed by atoms with Gasteiger partial charge in [0.2, 0.25) is 6.29 Å². The van der Waals surface area contributed by atoms with Gasteiger partial charge in [0, 0.05) is 45.4 Å². The first-order valence-electron chi connectivity index (χ1n) is 10.2. The van der Waals surface area contributed by atoms with E-state index in [-0.39, 0.29) is 11.3 Å². The minimum absolute atomic E-state index is 0.00942. The van der Waals surface area contributed by atoms with Crippen molar-refractivity contribution >= 4 is 35.5 Å². The fourth-order valence-electron chi connectivity index (χ4n) is 3.29. The van der Waals surface area contributed by atoms with Gasteiger partial charge in [-0.05, 0) is 12.1 Å². The molecule has 0 radical (unpaired) electrons. The van der Waals surface area contributed by atoms with Crippen molar-refractivity contribution in [3.63, 3.8) is 0 Å². The van der Waals surface area contributed by atoms with Crippen LogP contribution in [-0.4, -0.2) is 72.0 Å². The molecule has 1 aliphatic rings. The topological polar surface area (TPSA) is 187 Å². The van der Waals surface area contributed by atoms with Gasteiger partial charge in [0.05, 0.1) is 4.92 Å². The Morgan fingerprint density at radius 1 is 0.886 bits per heavy atom. The monoisotopic (exact) mass is 496 g/mol. The minimum atomic E-state index is -1.55. The van der Waals surface area contributed by atoms with Crippen LogP contribution in [0.3, 0.4) is 0 Å². The molecule has 1 aromatic rings. The van der Waals surface area contributed by atoms with E-state index in [1.165, 1.54) is 12.1 Å². The molecule has 0 spiro atoms. The highest BCUT2D eigenvalue weighted by Gasteiger charge is 2.52. The summed E-state index contributed by atoms with van der Waals surface area (Å²) >= 11 is 0. The Kier molecular flexibility index (Phi) is 9.22. The van der Waals surface area contributed by atoms with Gasteiger partial charge in [0.25, 0.3) is 11.6 Å². The Balaban J connectivity index is 2.44. The predicted molar refractivity (Wildman–Crippen MR) is 113 cm³/mol. The van der Waals surface area contributed by atoms with Crippen LogP contribution in [0, 0.1) is 10.1 Å². The second-order valence-corrected chi connectivity index (χ2v) is 7.41. The first-order valence-corrected chi connectivity index (χ1v) is 10.2. The van der Waals surface area contributed by atoms with Crippen molar-refractivity contribution in [3.8, 4) is 0 Å². The Labute approximate surface area is 198 Å². The van der Waals surface area contributed by atoms with Gasteiger partial charge >= 0.3 is 23.9 Å². The molecule has 1 N–H and O–H groups in total. The standard InChI is InChI=1S/C21H24N2O12/c1-10(24)31-9-16-18(32-11(2)25)19(33-12(3)26)17(21(35-16)34-13(4)27)22-20(28)14-5-7-15(8-6-14)23(29)30/h5-8,16-19,21H,9H2,1-4H3,(H,22,28)/t16-,17-,18-,19+,21+/m0/s1. The number of nitrogens with zero attached hydrogens (tertiary/aromatic N) is 1. The molecule has 14 heteroatoms. The van der Waals surface area contributed by atoms with E-state index in [0.717, 1.165) is 39.8 Å². The second-order valence-electron chi connectivity index (χ2n) is 7.41. The van der Waals surface area contributed by atoms with Crippen molar-refractivity contribution in [2.45, 2.75) is 58.3 Å². The van der Waals surface area contributed by atoms with Crippen molar-refractivity contribution in [1.29, 1.82) is 0 Å². The van der Waals surface area contributed by atoms with Crippen LogP contribution in [-0.2, 0) is 42.9 Å². The van der Waals surface area contributed by atoms with E-state index >= 15 is 0 Å². The maximum absolute atomic E-state index is 12.9. The van der Waals surface area contributed by atoms with Gasteiger partial charge in [-0.25, -0.2) is 0 Å². The van der Waals surface area contributed by atoms with E-state index in [4.69, 9.17) is 23.7 Å². The Hall–Kier alpha value is -4.07. The summed E-state index contributed by atoms with van der Waals surface area (Å²) in [6.45, 7) is 3.89. The zero-order valence-electron chi connectivity index (χ0n) is 19.2. The molecule has 0 saturated carbocycles. The molecule has 0 unspecified atom stereocenters. The molecule has 1 fully saturated rings. The predicted octanol–water partition coefficient (Wildman–Crippen LogP) is 0.408. The van der Waals surface area contributed by atoms with Gasteiger partial charge in [0.1, 0.15) is 18.8 Å². The van der Waals surface area contributed by atoms with Gasteiger partial charge < -0.3 is 29.0 Å². The molecule has 1 heterocycles. The molecule has 190 valence electrons. The van der Waals surface area contributed by atoms with Crippen LogP contribution in [0.2, 0.25) is 0 Å². The number of nitrogens with one attached hydrogen (secondary N) is 1. The fourth-order valence-corrected chi connectivity index (χ4v) is 3.29. The largest absolute Gasteiger partial charge is 0.463 e. The summed E-state index contributed by atoms with van der Waals surface area (Å²) in [5.41, 5.74) is -0.258. The van der Waals surface area contributed by atoms with Crippen LogP contribution in [0.4, 0.5) is 5.69 Å². The Morgan fingerprint density at radius 3 is 1.91 bits per heavy atom. The summed E-state index contributed by atoms with van der Waals surface area (Å²) < 4.78 is 26.4. The maximum atomic E-state index is 12.9. The third-order valence-corrected chi connectivity index (χ3v) is 4.62. The molecule has 14 nitrogen and oxygen atoms in total. The highest BCUT2D eigenvalue weighted by Crippen LogP contribution is 2.28. The lowest BCUT2D eigenvalue weighted by molar-refractivity contribution is -0.384. The second kappa shape index (κ2) is 11.9. The summed E-state index contributed by atoms with van der Waals surface area (Å²) in [5, 5.41) is 13.4. The number of carbonyl (C=O) groups excluding carboxylic acids is 5. The van der Waals surface area contributed by atoms with Crippen molar-refractivity contribution < 1.29 is 52.6 Å². The van der Waals surface area contributed by atoms with Crippen molar-refractivity contribution in [3.05, 3.63) is 39.9 Å². The number of hydrogen-bond acceptors (Lipinski definition) is 12. The number of nitro benzene ring substituents is 1. The molecule has 35 heavy (non-hydrogen) atoms. The zero-order chi connectivity index (χ0) is 26.3. The van der Waals surface area contributed by atoms with Gasteiger partial charge in [-0.3, -0.25) is 34.1 Å². The van der Waals surface area contributed by atoms with Crippen LogP contribution in [0.1, 0.15) is 38.1 Å². The molecule has 0 bridgehead atoms. The average Bonchev–Trinajstić information content (AvgIpc) is 2.75. The number of hydrogen-bond donors (Lipinski definition) is 1. The van der Waals surface area contributed by atoms with Gasteiger partial charge in [0.15, 0.2) is 12.2 Å².